The maximum Gasteiger partial charge on any atom is 0.328 e. The molecular formula is C6H10F2N2O4. The van der Waals surface area contributed by atoms with E-state index in [2.05, 4.69) is 0 Å². The van der Waals surface area contributed by atoms with Crippen LogP contribution in [0.4, 0.5) is 13.6 Å². The van der Waals surface area contributed by atoms with Gasteiger partial charge in [-0.2, -0.15) is 0 Å². The summed E-state index contributed by atoms with van der Waals surface area (Å²) in [7, 11) is 0. The van der Waals surface area contributed by atoms with Gasteiger partial charge in [-0.15, -0.1) is 0 Å². The van der Waals surface area contributed by atoms with Crippen molar-refractivity contribution in [3.63, 3.8) is 0 Å². The van der Waals surface area contributed by atoms with Crippen molar-refractivity contribution < 1.29 is 28.6 Å². The Balaban J connectivity index is 3.85. The smallest absolute Gasteiger partial charge is 0.328 e. The number of carbonyl (C=O) groups is 2. The van der Waals surface area contributed by atoms with Crippen molar-refractivity contribution in [2.45, 2.75) is 12.5 Å². The Bertz CT molecular complexity index is 212. The van der Waals surface area contributed by atoms with Gasteiger partial charge in [-0.3, -0.25) is 0 Å². The number of aliphatic hydroxyl groups excluding tert-OH is 1. The lowest BCUT2D eigenvalue weighted by atomic mass is 10.3. The van der Waals surface area contributed by atoms with Crippen LogP contribution < -0.4 is 10.6 Å². The summed E-state index contributed by atoms with van der Waals surface area (Å²) in [6.07, 6.45) is -2.71. The first-order valence-electron chi connectivity index (χ1n) is 3.63. The van der Waals surface area contributed by atoms with Crippen molar-refractivity contribution in [3.8, 4) is 0 Å². The third kappa shape index (κ3) is 5.25. The Morgan fingerprint density at radius 2 is 1.93 bits per heavy atom. The number of urea groups is 1. The van der Waals surface area contributed by atoms with Crippen molar-refractivity contribution in [2.24, 2.45) is 0 Å². The van der Waals surface area contributed by atoms with E-state index < -0.39 is 37.6 Å². The molecule has 0 spiro atoms. The minimum atomic E-state index is -2.71. The summed E-state index contributed by atoms with van der Waals surface area (Å²) in [6.45, 7) is -1.68. The fraction of sp³-hybridized carbons (Fsp3) is 0.667. The molecule has 8 heteroatoms. The van der Waals surface area contributed by atoms with Crippen LogP contribution >= 0.6 is 0 Å². The van der Waals surface area contributed by atoms with Gasteiger partial charge in [0.05, 0.1) is 13.2 Å². The molecule has 0 bridgehead atoms. The average molecular weight is 212 g/mol. The molecule has 0 aromatic carbocycles. The van der Waals surface area contributed by atoms with Crippen LogP contribution in [0.5, 0.6) is 0 Å². The molecule has 6 nitrogen and oxygen atoms in total. The number of aliphatic carboxylic acids is 1. The van der Waals surface area contributed by atoms with Crippen LogP contribution in [0.1, 0.15) is 0 Å². The monoisotopic (exact) mass is 212 g/mol. The molecule has 0 fully saturated rings. The lowest BCUT2D eigenvalue weighted by Crippen LogP contribution is -2.48. The second-order valence-corrected chi connectivity index (χ2v) is 2.32. The van der Waals surface area contributed by atoms with E-state index in [4.69, 9.17) is 10.2 Å². The van der Waals surface area contributed by atoms with Gasteiger partial charge < -0.3 is 20.8 Å². The van der Waals surface area contributed by atoms with Crippen molar-refractivity contribution >= 4 is 12.0 Å². The quantitative estimate of drug-likeness (QED) is 0.469. The SMILES string of the molecule is O=C(NCC(F)F)N[C@H](CO)C(=O)O. The molecule has 14 heavy (non-hydrogen) atoms. The molecule has 1 atom stereocenters. The number of amides is 2. The number of rotatable bonds is 5. The third-order valence-electron chi connectivity index (χ3n) is 1.20. The molecule has 4 N–H and O–H groups in total. The van der Waals surface area contributed by atoms with Crippen LogP contribution in [-0.2, 0) is 4.79 Å². The van der Waals surface area contributed by atoms with Gasteiger partial charge in [-0.1, -0.05) is 0 Å². The summed E-state index contributed by atoms with van der Waals surface area (Å²) in [4.78, 5) is 20.9. The van der Waals surface area contributed by atoms with Crippen LogP contribution in [0.15, 0.2) is 0 Å². The Morgan fingerprint density at radius 1 is 1.36 bits per heavy atom. The number of hydrogen-bond donors (Lipinski definition) is 4. The van der Waals surface area contributed by atoms with Crippen molar-refractivity contribution in [3.05, 3.63) is 0 Å². The fourth-order valence-corrected chi connectivity index (χ4v) is 0.565. The highest BCUT2D eigenvalue weighted by Crippen LogP contribution is 1.88. The van der Waals surface area contributed by atoms with Gasteiger partial charge >= 0.3 is 12.0 Å². The number of aliphatic hydroxyl groups is 1. The predicted octanol–water partition coefficient (Wildman–Crippen LogP) is -1.00. The standard InChI is InChI=1S/C6H10F2N2O4/c7-4(8)1-9-6(14)10-3(2-11)5(12)13/h3-4,11H,1-2H2,(H,12,13)(H2,9,10,14)/t3-/m1/s1. The minimum Gasteiger partial charge on any atom is -0.480 e. The molecule has 0 saturated carbocycles. The zero-order valence-electron chi connectivity index (χ0n) is 7.04. The zero-order chi connectivity index (χ0) is 11.1. The van der Waals surface area contributed by atoms with Gasteiger partial charge in [0.25, 0.3) is 6.43 Å². The summed E-state index contributed by atoms with van der Waals surface area (Å²) in [5.74, 6) is -1.44. The Kier molecular flexibility index (Phi) is 5.46. The summed E-state index contributed by atoms with van der Waals surface area (Å²) in [6, 6.07) is -2.56. The molecule has 0 unspecified atom stereocenters. The number of carbonyl (C=O) groups excluding carboxylic acids is 1. The van der Waals surface area contributed by atoms with E-state index in [1.807, 2.05) is 0 Å². The van der Waals surface area contributed by atoms with E-state index in [9.17, 15) is 18.4 Å². The third-order valence-corrected chi connectivity index (χ3v) is 1.20. The van der Waals surface area contributed by atoms with E-state index in [1.165, 1.54) is 0 Å². The topological polar surface area (TPSA) is 98.7 Å². The normalized spacial score (nSPS) is 12.3. The van der Waals surface area contributed by atoms with Crippen LogP contribution in [0.2, 0.25) is 0 Å². The van der Waals surface area contributed by atoms with Crippen molar-refractivity contribution in [2.75, 3.05) is 13.2 Å². The zero-order valence-corrected chi connectivity index (χ0v) is 7.04. The Morgan fingerprint density at radius 3 is 2.29 bits per heavy atom. The number of carboxylic acids is 1. The molecule has 82 valence electrons. The second kappa shape index (κ2) is 6.08. The molecule has 0 aliphatic carbocycles. The van der Waals surface area contributed by atoms with Gasteiger partial charge in [-0.05, 0) is 0 Å². The number of carboxylic acid groups (broad SMARTS) is 1. The first-order valence-corrected chi connectivity index (χ1v) is 3.63. The van der Waals surface area contributed by atoms with Crippen LogP contribution in [0.25, 0.3) is 0 Å². The molecule has 0 aliphatic heterocycles. The van der Waals surface area contributed by atoms with Crippen molar-refractivity contribution in [1.29, 1.82) is 0 Å². The van der Waals surface area contributed by atoms with E-state index >= 15 is 0 Å². The van der Waals surface area contributed by atoms with E-state index in [0.717, 1.165) is 0 Å². The number of hydrogen-bond acceptors (Lipinski definition) is 3. The van der Waals surface area contributed by atoms with Gasteiger partial charge in [-0.25, -0.2) is 18.4 Å². The molecule has 0 aromatic rings. The molecule has 0 rings (SSSR count). The largest absolute Gasteiger partial charge is 0.480 e. The van der Waals surface area contributed by atoms with E-state index in [1.54, 1.807) is 10.6 Å². The van der Waals surface area contributed by atoms with Gasteiger partial charge in [0.1, 0.15) is 0 Å². The maximum absolute atomic E-state index is 11.6. The first kappa shape index (κ1) is 12.6. The first-order chi connectivity index (χ1) is 6.47. The highest BCUT2D eigenvalue weighted by Gasteiger charge is 2.18. The Hall–Kier alpha value is -1.44. The molecule has 0 radical (unpaired) electrons. The molecule has 0 aromatic heterocycles. The fourth-order valence-electron chi connectivity index (χ4n) is 0.565. The number of alkyl halides is 2. The molecular weight excluding hydrogens is 202 g/mol. The lowest BCUT2D eigenvalue weighted by molar-refractivity contribution is -0.140. The van der Waals surface area contributed by atoms with Gasteiger partial charge in [0.2, 0.25) is 0 Å². The predicted molar refractivity (Wildman–Crippen MR) is 41.0 cm³/mol. The van der Waals surface area contributed by atoms with E-state index in [-0.39, 0.29) is 0 Å². The van der Waals surface area contributed by atoms with Crippen molar-refractivity contribution in [1.82, 2.24) is 10.6 Å². The Labute approximate surface area is 77.9 Å². The maximum atomic E-state index is 11.6. The van der Waals surface area contributed by atoms with Crippen LogP contribution in [0, 0.1) is 0 Å². The molecule has 0 saturated heterocycles. The summed E-state index contributed by atoms with van der Waals surface area (Å²) in [5, 5.41) is 20.3. The van der Waals surface area contributed by atoms with Gasteiger partial charge in [0, 0.05) is 0 Å². The number of halogens is 2. The summed E-state index contributed by atoms with van der Waals surface area (Å²) in [5.41, 5.74) is 0. The van der Waals surface area contributed by atoms with E-state index in [0.29, 0.717) is 0 Å². The molecule has 2 amide bonds. The molecule has 0 aliphatic rings. The van der Waals surface area contributed by atoms with Crippen LogP contribution in [-0.4, -0.2) is 47.8 Å². The average Bonchev–Trinajstić information content (AvgIpc) is 2.10. The lowest BCUT2D eigenvalue weighted by Gasteiger charge is -2.12. The highest BCUT2D eigenvalue weighted by molar-refractivity contribution is 5.82. The molecule has 0 heterocycles. The highest BCUT2D eigenvalue weighted by atomic mass is 19.3. The second-order valence-electron chi connectivity index (χ2n) is 2.32. The summed E-state index contributed by atoms with van der Waals surface area (Å²) >= 11 is 0. The van der Waals surface area contributed by atoms with Gasteiger partial charge in [0.15, 0.2) is 6.04 Å². The van der Waals surface area contributed by atoms with Crippen LogP contribution in [0.3, 0.4) is 0 Å². The summed E-state index contributed by atoms with van der Waals surface area (Å²) < 4.78 is 23.1. The minimum absolute atomic E-state index is 0.808. The number of nitrogens with one attached hydrogen (secondary N) is 2.